The van der Waals surface area contributed by atoms with Gasteiger partial charge in [-0.25, -0.2) is 8.78 Å². The molecule has 0 fully saturated rings. The van der Waals surface area contributed by atoms with Gasteiger partial charge >= 0.3 is 0 Å². The van der Waals surface area contributed by atoms with Crippen LogP contribution in [0.25, 0.3) is 0 Å². The second-order valence-corrected chi connectivity index (χ2v) is 8.31. The second-order valence-electron chi connectivity index (χ2n) is 8.31. The van der Waals surface area contributed by atoms with Gasteiger partial charge in [-0.3, -0.25) is 14.6 Å². The van der Waals surface area contributed by atoms with E-state index in [0.29, 0.717) is 58.2 Å². The average molecular weight is 461 g/mol. The molecule has 5 nitrogen and oxygen atoms in total. The minimum absolute atomic E-state index is 0.0342. The van der Waals surface area contributed by atoms with Crippen LogP contribution in [0.4, 0.5) is 8.78 Å². The van der Waals surface area contributed by atoms with Crippen molar-refractivity contribution in [3.8, 4) is 11.5 Å². The lowest BCUT2D eigenvalue weighted by molar-refractivity contribution is -0.113. The molecule has 1 atom stereocenters. The van der Waals surface area contributed by atoms with Gasteiger partial charge in [0.1, 0.15) is 30.6 Å². The fourth-order valence-corrected chi connectivity index (χ4v) is 4.61. The molecule has 34 heavy (non-hydrogen) atoms. The Balaban J connectivity index is 1.50. The predicted octanol–water partition coefficient (Wildman–Crippen LogP) is 4.49. The van der Waals surface area contributed by atoms with Crippen molar-refractivity contribution in [1.82, 2.24) is 0 Å². The molecular formula is C27H21F2NO4. The summed E-state index contributed by atoms with van der Waals surface area (Å²) in [7, 11) is 1.55. The molecule has 0 radical (unpaired) electrons. The van der Waals surface area contributed by atoms with Crippen molar-refractivity contribution in [2.75, 3.05) is 20.3 Å². The highest BCUT2D eigenvalue weighted by Gasteiger charge is 2.37. The monoisotopic (exact) mass is 461 g/mol. The average Bonchev–Trinajstić information content (AvgIpc) is 3.08. The van der Waals surface area contributed by atoms with Crippen LogP contribution in [0.2, 0.25) is 0 Å². The van der Waals surface area contributed by atoms with Crippen molar-refractivity contribution < 1.29 is 27.8 Å². The molecule has 0 saturated heterocycles. The lowest BCUT2D eigenvalue weighted by Gasteiger charge is -2.22. The van der Waals surface area contributed by atoms with E-state index >= 15 is 0 Å². The maximum Gasteiger partial charge on any atom is 0.189 e. The lowest BCUT2D eigenvalue weighted by atomic mass is 9.90. The number of fused-ring (bicyclic) bond motifs is 2. The van der Waals surface area contributed by atoms with E-state index < -0.39 is 17.6 Å². The summed E-state index contributed by atoms with van der Waals surface area (Å²) in [6.07, 6.45) is 0.211. The SMILES string of the molecule is CN=C1C(=O)C(Cc2cc(F)cc3c2OCCO3)c2cc(C(=O)Cc3cccc(F)c3)ccc21. The second kappa shape index (κ2) is 8.82. The summed E-state index contributed by atoms with van der Waals surface area (Å²) in [6, 6.07) is 13.6. The number of ether oxygens (including phenoxy) is 2. The van der Waals surface area contributed by atoms with Crippen LogP contribution in [-0.4, -0.2) is 37.5 Å². The van der Waals surface area contributed by atoms with Gasteiger partial charge in [0.25, 0.3) is 0 Å². The molecule has 5 rings (SSSR count). The first-order valence-electron chi connectivity index (χ1n) is 11.0. The summed E-state index contributed by atoms with van der Waals surface area (Å²) in [6.45, 7) is 0.658. The summed E-state index contributed by atoms with van der Waals surface area (Å²) in [4.78, 5) is 30.3. The van der Waals surface area contributed by atoms with Crippen molar-refractivity contribution in [3.05, 3.63) is 94.0 Å². The molecule has 0 saturated carbocycles. The van der Waals surface area contributed by atoms with E-state index in [1.165, 1.54) is 24.3 Å². The molecule has 1 aliphatic heterocycles. The molecule has 3 aromatic rings. The van der Waals surface area contributed by atoms with Gasteiger partial charge in [-0.2, -0.15) is 0 Å². The molecule has 0 amide bonds. The third kappa shape index (κ3) is 3.98. The van der Waals surface area contributed by atoms with Crippen LogP contribution in [0.3, 0.4) is 0 Å². The Labute approximate surface area is 195 Å². The van der Waals surface area contributed by atoms with Crippen molar-refractivity contribution in [1.29, 1.82) is 0 Å². The van der Waals surface area contributed by atoms with Gasteiger partial charge < -0.3 is 9.47 Å². The maximum absolute atomic E-state index is 14.3. The van der Waals surface area contributed by atoms with Gasteiger partial charge in [0.2, 0.25) is 0 Å². The highest BCUT2D eigenvalue weighted by atomic mass is 19.1. The third-order valence-corrected chi connectivity index (χ3v) is 6.14. The molecule has 1 unspecified atom stereocenters. The topological polar surface area (TPSA) is 65.0 Å². The zero-order valence-corrected chi connectivity index (χ0v) is 18.4. The quantitative estimate of drug-likeness (QED) is 0.526. The van der Waals surface area contributed by atoms with Crippen LogP contribution in [0.5, 0.6) is 11.5 Å². The first-order chi connectivity index (χ1) is 16.4. The Morgan fingerprint density at radius 3 is 2.65 bits per heavy atom. The minimum Gasteiger partial charge on any atom is -0.486 e. The molecule has 1 aliphatic carbocycles. The first-order valence-corrected chi connectivity index (χ1v) is 11.0. The molecule has 0 bridgehead atoms. The number of carbonyl (C=O) groups excluding carboxylic acids is 2. The van der Waals surface area contributed by atoms with Crippen LogP contribution in [0, 0.1) is 11.6 Å². The molecule has 1 heterocycles. The van der Waals surface area contributed by atoms with Gasteiger partial charge in [-0.1, -0.05) is 24.3 Å². The van der Waals surface area contributed by atoms with Gasteiger partial charge in [0.05, 0.1) is 5.92 Å². The van der Waals surface area contributed by atoms with E-state index in [4.69, 9.17) is 9.47 Å². The molecular weight excluding hydrogens is 440 g/mol. The number of aliphatic imine (C=N–C) groups is 1. The molecule has 0 aromatic heterocycles. The Hall–Kier alpha value is -3.87. The van der Waals surface area contributed by atoms with Gasteiger partial charge in [-0.05, 0) is 41.8 Å². The number of hydrogen-bond donors (Lipinski definition) is 0. The fraction of sp³-hybridized carbons (Fsp3) is 0.222. The number of carbonyl (C=O) groups is 2. The number of halogens is 2. The standard InChI is InChI=1S/C27H21F2NO4/c1-30-25-20-6-5-16(23(31)10-15-3-2-4-18(28)9-15)12-21(20)22(26(25)32)13-17-11-19(29)14-24-27(17)34-8-7-33-24/h2-6,9,11-12,14,22H,7-8,10,13H2,1H3. The number of rotatable bonds is 5. The van der Waals surface area contributed by atoms with E-state index in [-0.39, 0.29) is 24.4 Å². The number of ketones is 2. The Morgan fingerprint density at radius 1 is 1.03 bits per heavy atom. The molecule has 0 N–H and O–H groups in total. The maximum atomic E-state index is 14.3. The molecule has 2 aliphatic rings. The largest absolute Gasteiger partial charge is 0.486 e. The summed E-state index contributed by atoms with van der Waals surface area (Å²) in [5, 5.41) is 0. The van der Waals surface area contributed by atoms with Crippen molar-refractivity contribution in [2.45, 2.75) is 18.8 Å². The summed E-state index contributed by atoms with van der Waals surface area (Å²) in [5.74, 6) is -1.17. The van der Waals surface area contributed by atoms with Gasteiger partial charge in [0, 0.05) is 36.2 Å². The van der Waals surface area contributed by atoms with E-state index in [9.17, 15) is 18.4 Å². The zero-order chi connectivity index (χ0) is 23.8. The van der Waals surface area contributed by atoms with Crippen LogP contribution in [0.15, 0.2) is 59.6 Å². The van der Waals surface area contributed by atoms with Crippen LogP contribution in [0.1, 0.15) is 38.5 Å². The molecule has 7 heteroatoms. The number of hydrogen-bond acceptors (Lipinski definition) is 5. The van der Waals surface area contributed by atoms with Gasteiger partial charge in [0.15, 0.2) is 23.1 Å². The minimum atomic E-state index is -0.646. The van der Waals surface area contributed by atoms with Crippen LogP contribution < -0.4 is 9.47 Å². The lowest BCUT2D eigenvalue weighted by Crippen LogP contribution is -2.19. The highest BCUT2D eigenvalue weighted by molar-refractivity contribution is 6.51. The Kier molecular flexibility index (Phi) is 5.69. The van der Waals surface area contributed by atoms with Crippen molar-refractivity contribution >= 4 is 17.3 Å². The van der Waals surface area contributed by atoms with E-state index in [0.717, 1.165) is 0 Å². The molecule has 0 spiro atoms. The summed E-state index contributed by atoms with van der Waals surface area (Å²) in [5.41, 5.74) is 3.14. The summed E-state index contributed by atoms with van der Waals surface area (Å²) < 4.78 is 39.0. The van der Waals surface area contributed by atoms with Crippen LogP contribution >= 0.6 is 0 Å². The predicted molar refractivity (Wildman–Crippen MR) is 122 cm³/mol. The Morgan fingerprint density at radius 2 is 1.85 bits per heavy atom. The smallest absolute Gasteiger partial charge is 0.189 e. The van der Waals surface area contributed by atoms with Crippen molar-refractivity contribution in [3.63, 3.8) is 0 Å². The molecule has 3 aromatic carbocycles. The molecule has 172 valence electrons. The van der Waals surface area contributed by atoms with E-state index in [1.54, 1.807) is 37.4 Å². The third-order valence-electron chi connectivity index (χ3n) is 6.14. The highest BCUT2D eigenvalue weighted by Crippen LogP contribution is 2.40. The normalized spacial score (nSPS) is 17.7. The first kappa shape index (κ1) is 21.9. The van der Waals surface area contributed by atoms with E-state index in [2.05, 4.69) is 4.99 Å². The summed E-state index contributed by atoms with van der Waals surface area (Å²) >= 11 is 0. The number of Topliss-reactive ketones (excluding diaryl/α,β-unsaturated/α-hetero) is 2. The van der Waals surface area contributed by atoms with Crippen LogP contribution in [-0.2, 0) is 17.6 Å². The fourth-order valence-electron chi connectivity index (χ4n) is 4.61. The van der Waals surface area contributed by atoms with Crippen molar-refractivity contribution in [2.24, 2.45) is 4.99 Å². The zero-order valence-electron chi connectivity index (χ0n) is 18.4. The number of nitrogens with zero attached hydrogens (tertiary/aromatic N) is 1. The number of benzene rings is 3. The Bertz CT molecular complexity index is 1350. The van der Waals surface area contributed by atoms with Gasteiger partial charge in [-0.15, -0.1) is 0 Å². The van der Waals surface area contributed by atoms with E-state index in [1.807, 2.05) is 0 Å².